The van der Waals surface area contributed by atoms with Gasteiger partial charge in [0.2, 0.25) is 5.91 Å². The third-order valence-electron chi connectivity index (χ3n) is 2.77. The Morgan fingerprint density at radius 3 is 2.70 bits per heavy atom. The molecule has 0 aliphatic rings. The molecule has 0 saturated heterocycles. The second-order valence-electron chi connectivity index (χ2n) is 4.42. The molecule has 0 aliphatic heterocycles. The van der Waals surface area contributed by atoms with Crippen molar-refractivity contribution in [1.29, 1.82) is 0 Å². The Hall–Kier alpha value is -1.62. The van der Waals surface area contributed by atoms with Crippen molar-refractivity contribution in [3.63, 3.8) is 0 Å². The number of aliphatic carboxylic acids is 1. The number of benzene rings is 1. The minimum atomic E-state index is -0.902. The van der Waals surface area contributed by atoms with E-state index in [2.05, 4.69) is 22.5 Å². The second kappa shape index (κ2) is 8.53. The highest BCUT2D eigenvalue weighted by Crippen LogP contribution is 2.14. The van der Waals surface area contributed by atoms with Crippen LogP contribution in [0.25, 0.3) is 0 Å². The van der Waals surface area contributed by atoms with Crippen LogP contribution in [0.1, 0.15) is 24.8 Å². The number of amides is 1. The van der Waals surface area contributed by atoms with Crippen LogP contribution in [0, 0.1) is 0 Å². The molecule has 0 aromatic heterocycles. The van der Waals surface area contributed by atoms with Gasteiger partial charge in [-0.2, -0.15) is 0 Å². The van der Waals surface area contributed by atoms with E-state index in [4.69, 9.17) is 5.11 Å². The standard InChI is InChI=1S/C15H18BrNO3/c1-2-3-7-14(18)17(9-8-15(19)20)11-12-5-4-6-13(16)10-12/h2,4-6,10H,1,3,7-9,11H2,(H,19,20). The van der Waals surface area contributed by atoms with Crippen molar-refractivity contribution in [1.82, 2.24) is 4.90 Å². The Kier molecular flexibility index (Phi) is 7.01. The lowest BCUT2D eigenvalue weighted by molar-refractivity contribution is -0.138. The minimum Gasteiger partial charge on any atom is -0.481 e. The van der Waals surface area contributed by atoms with E-state index >= 15 is 0 Å². The van der Waals surface area contributed by atoms with Crippen LogP contribution in [0.4, 0.5) is 0 Å². The van der Waals surface area contributed by atoms with Crippen molar-refractivity contribution < 1.29 is 14.7 Å². The SMILES string of the molecule is C=CCCC(=O)N(CCC(=O)O)Cc1cccc(Br)c1. The van der Waals surface area contributed by atoms with E-state index in [1.807, 2.05) is 24.3 Å². The summed E-state index contributed by atoms with van der Waals surface area (Å²) in [4.78, 5) is 24.3. The molecule has 1 aromatic rings. The van der Waals surface area contributed by atoms with Gasteiger partial charge in [-0.3, -0.25) is 9.59 Å². The number of allylic oxidation sites excluding steroid dienone is 1. The highest BCUT2D eigenvalue weighted by molar-refractivity contribution is 9.10. The monoisotopic (exact) mass is 339 g/mol. The van der Waals surface area contributed by atoms with Gasteiger partial charge in [-0.1, -0.05) is 34.1 Å². The molecule has 1 rings (SSSR count). The molecule has 0 saturated carbocycles. The third kappa shape index (κ3) is 6.02. The largest absolute Gasteiger partial charge is 0.481 e. The normalized spacial score (nSPS) is 10.1. The van der Waals surface area contributed by atoms with Crippen molar-refractivity contribution in [3.05, 3.63) is 47.0 Å². The number of carboxylic acids is 1. The van der Waals surface area contributed by atoms with Gasteiger partial charge >= 0.3 is 5.97 Å². The van der Waals surface area contributed by atoms with Gasteiger partial charge < -0.3 is 10.0 Å². The summed E-state index contributed by atoms with van der Waals surface area (Å²) in [5.41, 5.74) is 0.969. The highest BCUT2D eigenvalue weighted by atomic mass is 79.9. The van der Waals surface area contributed by atoms with Crippen molar-refractivity contribution in [2.45, 2.75) is 25.8 Å². The summed E-state index contributed by atoms with van der Waals surface area (Å²) < 4.78 is 0.937. The predicted molar refractivity (Wildman–Crippen MR) is 81.2 cm³/mol. The second-order valence-corrected chi connectivity index (χ2v) is 5.33. The van der Waals surface area contributed by atoms with E-state index in [0.29, 0.717) is 19.4 Å². The molecule has 20 heavy (non-hydrogen) atoms. The van der Waals surface area contributed by atoms with Gasteiger partial charge in [0.25, 0.3) is 0 Å². The molecule has 0 fully saturated rings. The Labute approximate surface area is 127 Å². The van der Waals surface area contributed by atoms with E-state index in [1.54, 1.807) is 11.0 Å². The summed E-state index contributed by atoms with van der Waals surface area (Å²) in [5.74, 6) is -0.952. The first-order valence-corrected chi connectivity index (χ1v) is 7.17. The van der Waals surface area contributed by atoms with Crippen molar-refractivity contribution in [3.8, 4) is 0 Å². The fourth-order valence-corrected chi connectivity index (χ4v) is 2.21. The molecule has 1 N–H and O–H groups in total. The summed E-state index contributed by atoms with van der Waals surface area (Å²) in [6.45, 7) is 4.23. The first kappa shape index (κ1) is 16.4. The molecule has 108 valence electrons. The zero-order chi connectivity index (χ0) is 15.0. The number of halogens is 1. The molecule has 4 nitrogen and oxygen atoms in total. The molecule has 1 amide bonds. The van der Waals surface area contributed by atoms with Crippen LogP contribution < -0.4 is 0 Å². The van der Waals surface area contributed by atoms with E-state index in [9.17, 15) is 9.59 Å². The van der Waals surface area contributed by atoms with Gasteiger partial charge in [-0.05, 0) is 24.1 Å². The smallest absolute Gasteiger partial charge is 0.305 e. The molecular weight excluding hydrogens is 322 g/mol. The van der Waals surface area contributed by atoms with E-state index in [0.717, 1.165) is 10.0 Å². The number of carbonyl (C=O) groups excluding carboxylic acids is 1. The van der Waals surface area contributed by atoms with Gasteiger partial charge in [0.1, 0.15) is 0 Å². The molecule has 0 aliphatic carbocycles. The highest BCUT2D eigenvalue weighted by Gasteiger charge is 2.14. The fraction of sp³-hybridized carbons (Fsp3) is 0.333. The van der Waals surface area contributed by atoms with Gasteiger partial charge in [-0.25, -0.2) is 0 Å². The summed E-state index contributed by atoms with van der Waals surface area (Å²) in [5, 5.41) is 8.77. The fourth-order valence-electron chi connectivity index (χ4n) is 1.76. The maximum absolute atomic E-state index is 12.1. The maximum atomic E-state index is 12.1. The van der Waals surface area contributed by atoms with Crippen LogP contribution in [0.2, 0.25) is 0 Å². The molecule has 0 spiro atoms. The minimum absolute atomic E-state index is 0.0478. The Bertz CT molecular complexity index is 488. The molecule has 5 heteroatoms. The maximum Gasteiger partial charge on any atom is 0.305 e. The van der Waals surface area contributed by atoms with Crippen LogP contribution in [0.3, 0.4) is 0 Å². The lowest BCUT2D eigenvalue weighted by Crippen LogP contribution is -2.32. The molecule has 0 unspecified atom stereocenters. The average Bonchev–Trinajstić information content (AvgIpc) is 2.40. The van der Waals surface area contributed by atoms with Crippen molar-refractivity contribution in [2.24, 2.45) is 0 Å². The molecular formula is C15H18BrNO3. The summed E-state index contributed by atoms with van der Waals surface area (Å²) >= 11 is 3.38. The first-order valence-electron chi connectivity index (χ1n) is 6.38. The van der Waals surface area contributed by atoms with Crippen LogP contribution in [0.5, 0.6) is 0 Å². The summed E-state index contributed by atoms with van der Waals surface area (Å²) in [6, 6.07) is 7.64. The number of nitrogens with zero attached hydrogens (tertiary/aromatic N) is 1. The van der Waals surface area contributed by atoms with Gasteiger partial charge in [0.15, 0.2) is 0 Å². The lowest BCUT2D eigenvalue weighted by atomic mass is 10.2. The number of carbonyl (C=O) groups is 2. The number of hydrogen-bond donors (Lipinski definition) is 1. The van der Waals surface area contributed by atoms with Gasteiger partial charge in [-0.15, -0.1) is 6.58 Å². The van der Waals surface area contributed by atoms with Crippen LogP contribution >= 0.6 is 15.9 Å². The van der Waals surface area contributed by atoms with Crippen LogP contribution in [0.15, 0.2) is 41.4 Å². The van der Waals surface area contributed by atoms with Gasteiger partial charge in [0, 0.05) is 24.0 Å². The summed E-state index contributed by atoms with van der Waals surface area (Å²) in [7, 11) is 0. The van der Waals surface area contributed by atoms with E-state index < -0.39 is 5.97 Å². The quantitative estimate of drug-likeness (QED) is 0.740. The third-order valence-corrected chi connectivity index (χ3v) is 3.27. The molecule has 1 aromatic carbocycles. The predicted octanol–water partition coefficient (Wildman–Crippen LogP) is 3.22. The van der Waals surface area contributed by atoms with Crippen molar-refractivity contribution in [2.75, 3.05) is 6.54 Å². The number of rotatable bonds is 8. The zero-order valence-corrected chi connectivity index (χ0v) is 12.8. The van der Waals surface area contributed by atoms with Gasteiger partial charge in [0.05, 0.1) is 6.42 Å². The first-order chi connectivity index (χ1) is 9.52. The van der Waals surface area contributed by atoms with Crippen LogP contribution in [-0.4, -0.2) is 28.4 Å². The molecule has 0 radical (unpaired) electrons. The van der Waals surface area contributed by atoms with E-state index in [1.165, 1.54) is 0 Å². The van der Waals surface area contributed by atoms with Crippen molar-refractivity contribution >= 4 is 27.8 Å². The Morgan fingerprint density at radius 1 is 1.35 bits per heavy atom. The summed E-state index contributed by atoms with van der Waals surface area (Å²) in [6.07, 6.45) is 2.60. The molecule has 0 heterocycles. The molecule has 0 bridgehead atoms. The average molecular weight is 340 g/mol. The molecule has 0 atom stereocenters. The zero-order valence-electron chi connectivity index (χ0n) is 11.2. The van der Waals surface area contributed by atoms with E-state index in [-0.39, 0.29) is 18.9 Å². The topological polar surface area (TPSA) is 57.6 Å². The van der Waals surface area contributed by atoms with Crippen LogP contribution in [-0.2, 0) is 16.1 Å². The number of hydrogen-bond acceptors (Lipinski definition) is 2. The Balaban J connectivity index is 2.72. The number of carboxylic acid groups (broad SMARTS) is 1. The lowest BCUT2D eigenvalue weighted by Gasteiger charge is -2.22. The Morgan fingerprint density at radius 2 is 2.10 bits per heavy atom.